The Hall–Kier alpha value is -3.45. The van der Waals surface area contributed by atoms with Crippen molar-refractivity contribution in [3.05, 3.63) is 86.6 Å². The lowest BCUT2D eigenvalue weighted by atomic mass is 10.1. The number of nitrogens with one attached hydrogen (secondary N) is 1. The minimum absolute atomic E-state index is 0.0332. The number of hydrogen-bond donors (Lipinski definition) is 1. The lowest BCUT2D eigenvalue weighted by Crippen LogP contribution is -2.19. The Kier molecular flexibility index (Phi) is 5.86. The van der Waals surface area contributed by atoms with Gasteiger partial charge in [-0.3, -0.25) is 14.9 Å². The van der Waals surface area contributed by atoms with E-state index < -0.39 is 4.92 Å². The molecule has 0 atom stereocenters. The van der Waals surface area contributed by atoms with Crippen LogP contribution >= 0.6 is 11.6 Å². The molecule has 0 aliphatic heterocycles. The van der Waals surface area contributed by atoms with Crippen molar-refractivity contribution < 1.29 is 14.1 Å². The minimum atomic E-state index is -0.449. The normalized spacial score (nSPS) is 10.9. The van der Waals surface area contributed by atoms with E-state index in [9.17, 15) is 14.9 Å². The number of nitrogens with zero attached hydrogens (tertiary/aromatic N) is 2. The number of nitro benzene ring substituents is 1. The van der Waals surface area contributed by atoms with Crippen LogP contribution in [-0.4, -0.2) is 17.0 Å². The van der Waals surface area contributed by atoms with Gasteiger partial charge in [-0.1, -0.05) is 29.8 Å². The summed E-state index contributed by atoms with van der Waals surface area (Å²) in [6.07, 6.45) is 1.50. The molecule has 0 bridgehead atoms. The molecule has 0 saturated carbocycles. The molecule has 0 aliphatic rings. The molecule has 0 aliphatic carbocycles. The van der Waals surface area contributed by atoms with E-state index in [1.165, 1.54) is 12.3 Å². The van der Waals surface area contributed by atoms with Gasteiger partial charge >= 0.3 is 0 Å². The zero-order chi connectivity index (χ0) is 20.1. The number of hydrogen-bond acceptors (Lipinski definition) is 5. The topological polar surface area (TPSA) is 97.7 Å². The number of benzene rings is 2. The molecule has 1 aromatic heterocycles. The van der Waals surface area contributed by atoms with Gasteiger partial charge in [-0.2, -0.15) is 5.10 Å². The summed E-state index contributed by atoms with van der Waals surface area (Å²) in [7, 11) is 0. The van der Waals surface area contributed by atoms with Crippen LogP contribution in [0.4, 0.5) is 5.69 Å². The third-order valence-corrected chi connectivity index (χ3v) is 4.15. The van der Waals surface area contributed by atoms with Gasteiger partial charge < -0.3 is 4.42 Å². The molecule has 3 aromatic rings. The Morgan fingerprint density at radius 3 is 2.68 bits per heavy atom. The number of rotatable bonds is 6. The van der Waals surface area contributed by atoms with Crippen LogP contribution in [0.25, 0.3) is 11.3 Å². The quantitative estimate of drug-likeness (QED) is 0.376. The monoisotopic (exact) mass is 397 g/mol. The summed E-state index contributed by atoms with van der Waals surface area (Å²) in [5, 5.41) is 15.7. The summed E-state index contributed by atoms with van der Waals surface area (Å²) in [6, 6.07) is 15.1. The number of amides is 1. The van der Waals surface area contributed by atoms with E-state index in [4.69, 9.17) is 16.0 Å². The summed E-state index contributed by atoms with van der Waals surface area (Å²) in [6.45, 7) is 1.78. The molecule has 0 spiro atoms. The summed E-state index contributed by atoms with van der Waals surface area (Å²) in [5.74, 6) is 0.414. The Labute approximate surface area is 165 Å². The number of furan rings is 1. The lowest BCUT2D eigenvalue weighted by Gasteiger charge is -2.01. The molecule has 1 amide bonds. The van der Waals surface area contributed by atoms with Crippen molar-refractivity contribution in [3.63, 3.8) is 0 Å². The first-order valence-electron chi connectivity index (χ1n) is 8.34. The van der Waals surface area contributed by atoms with Crippen molar-refractivity contribution in [3.8, 4) is 11.3 Å². The zero-order valence-electron chi connectivity index (χ0n) is 14.9. The van der Waals surface area contributed by atoms with E-state index in [0.717, 1.165) is 11.1 Å². The number of nitro groups is 1. The molecule has 0 saturated heterocycles. The van der Waals surface area contributed by atoms with E-state index in [-0.39, 0.29) is 18.0 Å². The molecule has 3 rings (SSSR count). The Balaban J connectivity index is 1.65. The molecule has 8 heteroatoms. The second kappa shape index (κ2) is 8.49. The van der Waals surface area contributed by atoms with Gasteiger partial charge in [0.2, 0.25) is 5.91 Å². The highest BCUT2D eigenvalue weighted by Crippen LogP contribution is 2.31. The maximum absolute atomic E-state index is 11.9. The highest BCUT2D eigenvalue weighted by molar-refractivity contribution is 6.30. The van der Waals surface area contributed by atoms with Crippen molar-refractivity contribution in [2.45, 2.75) is 13.3 Å². The molecule has 2 aromatic carbocycles. The Bertz CT molecular complexity index is 1040. The van der Waals surface area contributed by atoms with Crippen molar-refractivity contribution in [2.75, 3.05) is 0 Å². The summed E-state index contributed by atoms with van der Waals surface area (Å²) in [5.41, 5.74) is 4.35. The Morgan fingerprint density at radius 1 is 1.21 bits per heavy atom. The maximum Gasteiger partial charge on any atom is 0.280 e. The van der Waals surface area contributed by atoms with E-state index >= 15 is 0 Å². The largest absolute Gasteiger partial charge is 0.455 e. The first kappa shape index (κ1) is 19.3. The van der Waals surface area contributed by atoms with Crippen molar-refractivity contribution in [1.29, 1.82) is 0 Å². The van der Waals surface area contributed by atoms with E-state index in [0.29, 0.717) is 22.1 Å². The van der Waals surface area contributed by atoms with Crippen LogP contribution in [0.2, 0.25) is 5.02 Å². The smallest absolute Gasteiger partial charge is 0.280 e. The molecular formula is C20H16ClN3O4. The fraction of sp³-hybridized carbons (Fsp3) is 0.100. The van der Waals surface area contributed by atoms with Crippen molar-refractivity contribution in [1.82, 2.24) is 5.43 Å². The molecule has 0 unspecified atom stereocenters. The SMILES string of the molecule is Cc1ccc(-c2ccc(/C=N\NC(=O)Cc3ccc(Cl)cc3)o2)c([N+](=O)[O-])c1. The van der Waals surface area contributed by atoms with Gasteiger partial charge in [0.05, 0.1) is 23.1 Å². The van der Waals surface area contributed by atoms with Gasteiger partial charge in [-0.25, -0.2) is 5.43 Å². The van der Waals surface area contributed by atoms with Crippen LogP contribution in [0, 0.1) is 17.0 Å². The summed E-state index contributed by atoms with van der Waals surface area (Å²) in [4.78, 5) is 22.7. The van der Waals surface area contributed by atoms with Gasteiger partial charge in [-0.15, -0.1) is 0 Å². The first-order valence-corrected chi connectivity index (χ1v) is 8.72. The van der Waals surface area contributed by atoms with Crippen LogP contribution in [0.5, 0.6) is 0 Å². The molecule has 142 valence electrons. The van der Waals surface area contributed by atoms with E-state index in [1.807, 2.05) is 0 Å². The van der Waals surface area contributed by atoms with Gasteiger partial charge in [0, 0.05) is 11.1 Å². The van der Waals surface area contributed by atoms with Crippen LogP contribution in [0.15, 0.2) is 64.1 Å². The average Bonchev–Trinajstić information content (AvgIpc) is 3.12. The van der Waals surface area contributed by atoms with Crippen LogP contribution in [-0.2, 0) is 11.2 Å². The summed E-state index contributed by atoms with van der Waals surface area (Å²) >= 11 is 5.81. The second-order valence-electron chi connectivity index (χ2n) is 6.08. The standard InChI is InChI=1S/C20H16ClN3O4/c1-13-2-8-17(18(10-13)24(26)27)19-9-7-16(28-19)12-22-23-20(25)11-14-3-5-15(21)6-4-14/h2-10,12H,11H2,1H3,(H,23,25)/b22-12-. The number of carbonyl (C=O) groups excluding carboxylic acids is 1. The van der Waals surface area contributed by atoms with Gasteiger partial charge in [0.1, 0.15) is 11.5 Å². The maximum atomic E-state index is 11.9. The zero-order valence-corrected chi connectivity index (χ0v) is 15.6. The first-order chi connectivity index (χ1) is 13.4. The number of aryl methyl sites for hydroxylation is 1. The number of halogens is 1. The molecule has 0 radical (unpaired) electrons. The third kappa shape index (κ3) is 4.83. The van der Waals surface area contributed by atoms with Crippen LogP contribution in [0.1, 0.15) is 16.9 Å². The van der Waals surface area contributed by atoms with Gasteiger partial charge in [-0.05, 0) is 48.4 Å². The molecule has 28 heavy (non-hydrogen) atoms. The van der Waals surface area contributed by atoms with E-state index in [2.05, 4.69) is 10.5 Å². The predicted octanol–water partition coefficient (Wildman–Crippen LogP) is 4.51. The van der Waals surface area contributed by atoms with E-state index in [1.54, 1.807) is 55.5 Å². The fourth-order valence-corrected chi connectivity index (χ4v) is 2.69. The number of hydrazone groups is 1. The third-order valence-electron chi connectivity index (χ3n) is 3.90. The highest BCUT2D eigenvalue weighted by atomic mass is 35.5. The Morgan fingerprint density at radius 2 is 1.96 bits per heavy atom. The molecule has 0 fully saturated rings. The van der Waals surface area contributed by atoms with Crippen molar-refractivity contribution in [2.24, 2.45) is 5.10 Å². The predicted molar refractivity (Wildman–Crippen MR) is 106 cm³/mol. The second-order valence-corrected chi connectivity index (χ2v) is 6.51. The van der Waals surface area contributed by atoms with Crippen molar-refractivity contribution >= 4 is 29.4 Å². The molecule has 1 heterocycles. The molecular weight excluding hydrogens is 382 g/mol. The average molecular weight is 398 g/mol. The van der Waals surface area contributed by atoms with Crippen LogP contribution in [0.3, 0.4) is 0 Å². The fourth-order valence-electron chi connectivity index (χ4n) is 2.56. The minimum Gasteiger partial charge on any atom is -0.455 e. The van der Waals surface area contributed by atoms with Gasteiger partial charge in [0.15, 0.2) is 0 Å². The van der Waals surface area contributed by atoms with Gasteiger partial charge in [0.25, 0.3) is 5.69 Å². The number of carbonyl (C=O) groups is 1. The highest BCUT2D eigenvalue weighted by Gasteiger charge is 2.18. The molecule has 7 nitrogen and oxygen atoms in total. The summed E-state index contributed by atoms with van der Waals surface area (Å²) < 4.78 is 5.59. The molecule has 1 N–H and O–H groups in total. The van der Waals surface area contributed by atoms with Crippen LogP contribution < -0.4 is 5.43 Å². The lowest BCUT2D eigenvalue weighted by molar-refractivity contribution is -0.384.